The van der Waals surface area contributed by atoms with Gasteiger partial charge in [0.25, 0.3) is 5.91 Å². The summed E-state index contributed by atoms with van der Waals surface area (Å²) in [5, 5.41) is 6.40. The van der Waals surface area contributed by atoms with Crippen LogP contribution in [0.25, 0.3) is 0 Å². The van der Waals surface area contributed by atoms with E-state index in [4.69, 9.17) is 23.8 Å². The number of hydrogen-bond acceptors (Lipinski definition) is 3. The minimum Gasteiger partial charge on any atom is -0.330 e. The number of nitrogens with one attached hydrogen (secondary N) is 2. The number of amides is 2. The van der Waals surface area contributed by atoms with Crippen molar-refractivity contribution >= 4 is 46.4 Å². The summed E-state index contributed by atoms with van der Waals surface area (Å²) < 4.78 is 13.7. The van der Waals surface area contributed by atoms with Gasteiger partial charge in [0.2, 0.25) is 5.91 Å². The van der Waals surface area contributed by atoms with Crippen LogP contribution in [0.4, 0.5) is 10.1 Å². The molecule has 1 fully saturated rings. The molecular formula is C25H21ClFN3O2S. The van der Waals surface area contributed by atoms with E-state index in [0.29, 0.717) is 29.2 Å². The van der Waals surface area contributed by atoms with Gasteiger partial charge in [-0.05, 0) is 66.2 Å². The highest BCUT2D eigenvalue weighted by molar-refractivity contribution is 7.80. The summed E-state index contributed by atoms with van der Waals surface area (Å²) in [5.74, 6) is -1.21. The second-order valence-corrected chi connectivity index (χ2v) is 8.57. The van der Waals surface area contributed by atoms with Crippen molar-refractivity contribution in [2.45, 2.75) is 18.4 Å². The highest BCUT2D eigenvalue weighted by Gasteiger charge is 2.53. The lowest BCUT2D eigenvalue weighted by atomic mass is 9.84. The van der Waals surface area contributed by atoms with Gasteiger partial charge in [-0.2, -0.15) is 0 Å². The van der Waals surface area contributed by atoms with Gasteiger partial charge in [0.1, 0.15) is 5.82 Å². The predicted octanol–water partition coefficient (Wildman–Crippen LogP) is 4.66. The maximum atomic E-state index is 13.7. The van der Waals surface area contributed by atoms with Crippen LogP contribution in [0.1, 0.15) is 17.5 Å². The fourth-order valence-electron chi connectivity index (χ4n) is 4.00. The van der Waals surface area contributed by atoms with Crippen LogP contribution in [0.2, 0.25) is 5.02 Å². The molecule has 1 unspecified atom stereocenters. The molecule has 5 nitrogen and oxygen atoms in total. The third-order valence-corrected chi connectivity index (χ3v) is 6.21. The van der Waals surface area contributed by atoms with Crippen LogP contribution in [-0.2, 0) is 21.5 Å². The molecule has 4 rings (SSSR count). The van der Waals surface area contributed by atoms with Crippen LogP contribution in [-0.4, -0.2) is 28.4 Å². The van der Waals surface area contributed by atoms with Crippen LogP contribution in [0, 0.1) is 5.82 Å². The highest BCUT2D eigenvalue weighted by atomic mass is 35.5. The van der Waals surface area contributed by atoms with Crippen LogP contribution < -0.4 is 10.6 Å². The summed E-state index contributed by atoms with van der Waals surface area (Å²) in [6, 6.07) is 22.0. The van der Waals surface area contributed by atoms with Crippen molar-refractivity contribution in [3.8, 4) is 0 Å². The van der Waals surface area contributed by atoms with Crippen LogP contribution in [0.15, 0.2) is 78.9 Å². The van der Waals surface area contributed by atoms with E-state index in [1.165, 1.54) is 24.3 Å². The standard InChI is InChI=1S/C25H21ClFN3O2S/c26-19-10-6-17(7-11-19)14-15-30-24(33)29-23(32)25(30,18-8-12-20(27)13-9-18)16-22(31)28-21-4-2-1-3-5-21/h1-13H,14-16H2,(H,28,31)(H,29,32,33). The molecule has 0 saturated carbocycles. The number of carbonyl (C=O) groups is 2. The van der Waals surface area contributed by atoms with Crippen LogP contribution in [0.5, 0.6) is 0 Å². The number of rotatable bonds is 7. The number of halogens is 2. The summed E-state index contributed by atoms with van der Waals surface area (Å²) >= 11 is 11.5. The van der Waals surface area contributed by atoms with Gasteiger partial charge in [-0.1, -0.05) is 54.1 Å². The van der Waals surface area contributed by atoms with E-state index in [1.54, 1.807) is 41.3 Å². The minimum atomic E-state index is -1.41. The zero-order valence-electron chi connectivity index (χ0n) is 17.6. The largest absolute Gasteiger partial charge is 0.330 e. The quantitative estimate of drug-likeness (QED) is 0.482. The van der Waals surface area contributed by atoms with Crippen molar-refractivity contribution in [3.63, 3.8) is 0 Å². The van der Waals surface area contributed by atoms with Crippen molar-refractivity contribution in [2.24, 2.45) is 0 Å². The SMILES string of the molecule is O=C(CC1(c2ccc(F)cc2)C(=O)NC(=S)N1CCc1ccc(Cl)cc1)Nc1ccccc1. The molecule has 168 valence electrons. The fourth-order valence-corrected chi connectivity index (χ4v) is 4.46. The lowest BCUT2D eigenvalue weighted by molar-refractivity contribution is -0.131. The molecule has 1 saturated heterocycles. The number of para-hydroxylation sites is 1. The molecule has 0 spiro atoms. The molecule has 2 N–H and O–H groups in total. The van der Waals surface area contributed by atoms with Gasteiger partial charge in [0.05, 0.1) is 6.42 Å². The Hall–Kier alpha value is -3.29. The van der Waals surface area contributed by atoms with E-state index >= 15 is 0 Å². The Kier molecular flexibility index (Phi) is 6.72. The number of thiocarbonyl (C=S) groups is 1. The molecule has 0 aromatic heterocycles. The van der Waals surface area contributed by atoms with Crippen molar-refractivity contribution in [2.75, 3.05) is 11.9 Å². The summed E-state index contributed by atoms with van der Waals surface area (Å²) in [6.45, 7) is 0.370. The first kappa shape index (κ1) is 22.9. The van der Waals surface area contributed by atoms with E-state index in [2.05, 4.69) is 10.6 Å². The Bertz CT molecular complexity index is 1170. The molecule has 33 heavy (non-hydrogen) atoms. The third-order valence-electron chi connectivity index (χ3n) is 5.64. The van der Waals surface area contributed by atoms with E-state index in [0.717, 1.165) is 5.56 Å². The number of benzene rings is 3. The topological polar surface area (TPSA) is 61.4 Å². The Morgan fingerprint density at radius 3 is 2.36 bits per heavy atom. The van der Waals surface area contributed by atoms with Crippen molar-refractivity contribution < 1.29 is 14.0 Å². The van der Waals surface area contributed by atoms with Crippen molar-refractivity contribution in [1.29, 1.82) is 0 Å². The normalized spacial score (nSPS) is 17.7. The first-order chi connectivity index (χ1) is 15.9. The third kappa shape index (κ3) is 4.89. The Labute approximate surface area is 201 Å². The number of anilines is 1. The molecule has 3 aromatic carbocycles. The fraction of sp³-hybridized carbons (Fsp3) is 0.160. The molecule has 1 aliphatic heterocycles. The summed E-state index contributed by atoms with van der Waals surface area (Å²) in [4.78, 5) is 28.1. The number of carbonyl (C=O) groups excluding carboxylic acids is 2. The summed E-state index contributed by atoms with van der Waals surface area (Å²) in [7, 11) is 0. The monoisotopic (exact) mass is 481 g/mol. The molecule has 1 aliphatic rings. The number of nitrogens with zero attached hydrogens (tertiary/aromatic N) is 1. The lowest BCUT2D eigenvalue weighted by Gasteiger charge is -2.36. The second kappa shape index (κ2) is 9.68. The van der Waals surface area contributed by atoms with E-state index < -0.39 is 17.3 Å². The van der Waals surface area contributed by atoms with Gasteiger partial charge in [-0.25, -0.2) is 4.39 Å². The van der Waals surface area contributed by atoms with Gasteiger partial charge in [0, 0.05) is 17.3 Å². The Balaban J connectivity index is 1.67. The first-order valence-electron chi connectivity index (χ1n) is 10.4. The predicted molar refractivity (Wildman–Crippen MR) is 130 cm³/mol. The maximum Gasteiger partial charge on any atom is 0.257 e. The molecule has 3 aromatic rings. The van der Waals surface area contributed by atoms with Gasteiger partial charge in [-0.3, -0.25) is 9.59 Å². The molecule has 0 aliphatic carbocycles. The average Bonchev–Trinajstić information content (AvgIpc) is 3.03. The van der Waals surface area contributed by atoms with Crippen molar-refractivity contribution in [1.82, 2.24) is 10.2 Å². The molecular weight excluding hydrogens is 461 g/mol. The molecule has 0 radical (unpaired) electrons. The molecule has 8 heteroatoms. The van der Waals surface area contributed by atoms with Gasteiger partial charge in [-0.15, -0.1) is 0 Å². The smallest absolute Gasteiger partial charge is 0.257 e. The van der Waals surface area contributed by atoms with Crippen molar-refractivity contribution in [3.05, 3.63) is 101 Å². The number of hydrogen-bond donors (Lipinski definition) is 2. The van der Waals surface area contributed by atoms with Crippen LogP contribution >= 0.6 is 23.8 Å². The van der Waals surface area contributed by atoms with E-state index in [9.17, 15) is 14.0 Å². The molecule has 1 atom stereocenters. The lowest BCUT2D eigenvalue weighted by Crippen LogP contribution is -2.50. The summed E-state index contributed by atoms with van der Waals surface area (Å²) in [6.07, 6.45) is 0.371. The summed E-state index contributed by atoms with van der Waals surface area (Å²) in [5.41, 5.74) is 0.699. The maximum absolute atomic E-state index is 13.7. The second-order valence-electron chi connectivity index (χ2n) is 7.75. The van der Waals surface area contributed by atoms with Gasteiger partial charge in [0.15, 0.2) is 10.7 Å². The van der Waals surface area contributed by atoms with E-state index in [-0.39, 0.29) is 17.4 Å². The van der Waals surface area contributed by atoms with Gasteiger partial charge < -0.3 is 15.5 Å². The Morgan fingerprint density at radius 1 is 1.03 bits per heavy atom. The zero-order chi connectivity index (χ0) is 23.4. The Morgan fingerprint density at radius 2 is 1.70 bits per heavy atom. The van der Waals surface area contributed by atoms with Crippen LogP contribution in [0.3, 0.4) is 0 Å². The zero-order valence-corrected chi connectivity index (χ0v) is 19.1. The van der Waals surface area contributed by atoms with E-state index in [1.807, 2.05) is 18.2 Å². The molecule has 2 amide bonds. The molecule has 0 bridgehead atoms. The van der Waals surface area contributed by atoms with Gasteiger partial charge >= 0.3 is 0 Å². The first-order valence-corrected chi connectivity index (χ1v) is 11.2. The highest BCUT2D eigenvalue weighted by Crippen LogP contribution is 2.37. The average molecular weight is 482 g/mol. The molecule has 1 heterocycles. The minimum absolute atomic E-state index is 0.194.